The molecule has 1 aliphatic rings. The summed E-state index contributed by atoms with van der Waals surface area (Å²) in [7, 11) is 1.85. The fourth-order valence-electron chi connectivity index (χ4n) is 2.60. The fraction of sp³-hybridized carbons (Fsp3) is 0.643. The molecule has 1 aromatic rings. The standard InChI is InChI=1S/C14H23N5O/c1-9(2)10-11(15-5)17-8-18-12(10)19-7-6-16-13(20)14(19,3)4/h8-9H,6-7H2,1-5H3,(H,16,20)(H,15,17,18). The van der Waals surface area contributed by atoms with E-state index in [1.165, 1.54) is 0 Å². The number of nitrogens with one attached hydrogen (secondary N) is 2. The number of hydrogen-bond acceptors (Lipinski definition) is 5. The van der Waals surface area contributed by atoms with E-state index in [0.717, 1.165) is 23.7 Å². The molecule has 0 unspecified atom stereocenters. The van der Waals surface area contributed by atoms with Crippen molar-refractivity contribution in [2.24, 2.45) is 0 Å². The first-order valence-electron chi connectivity index (χ1n) is 6.98. The van der Waals surface area contributed by atoms with Crippen LogP contribution in [0.25, 0.3) is 0 Å². The first-order chi connectivity index (χ1) is 9.39. The molecule has 6 nitrogen and oxygen atoms in total. The number of rotatable bonds is 3. The molecule has 110 valence electrons. The molecule has 1 saturated heterocycles. The van der Waals surface area contributed by atoms with E-state index in [-0.39, 0.29) is 11.8 Å². The highest BCUT2D eigenvalue weighted by atomic mass is 16.2. The smallest absolute Gasteiger partial charge is 0.245 e. The number of hydrogen-bond donors (Lipinski definition) is 2. The molecule has 0 atom stereocenters. The van der Waals surface area contributed by atoms with Gasteiger partial charge >= 0.3 is 0 Å². The molecule has 0 aliphatic carbocycles. The highest BCUT2D eigenvalue weighted by Gasteiger charge is 2.39. The van der Waals surface area contributed by atoms with Gasteiger partial charge < -0.3 is 15.5 Å². The summed E-state index contributed by atoms with van der Waals surface area (Å²) >= 11 is 0. The normalized spacial score (nSPS) is 18.1. The van der Waals surface area contributed by atoms with E-state index in [1.807, 2.05) is 20.9 Å². The van der Waals surface area contributed by atoms with Crippen LogP contribution in [0, 0.1) is 0 Å². The Morgan fingerprint density at radius 1 is 1.40 bits per heavy atom. The van der Waals surface area contributed by atoms with E-state index >= 15 is 0 Å². The van der Waals surface area contributed by atoms with Crippen LogP contribution in [-0.4, -0.2) is 41.6 Å². The van der Waals surface area contributed by atoms with E-state index in [2.05, 4.69) is 39.3 Å². The van der Waals surface area contributed by atoms with Crippen LogP contribution in [0.15, 0.2) is 6.33 Å². The van der Waals surface area contributed by atoms with Crippen LogP contribution >= 0.6 is 0 Å². The Balaban J connectivity index is 2.54. The third kappa shape index (κ3) is 2.30. The van der Waals surface area contributed by atoms with Crippen molar-refractivity contribution in [1.82, 2.24) is 15.3 Å². The molecular weight excluding hydrogens is 254 g/mol. The van der Waals surface area contributed by atoms with Crippen molar-refractivity contribution < 1.29 is 4.79 Å². The summed E-state index contributed by atoms with van der Waals surface area (Å²) in [5, 5.41) is 6.03. The third-order valence-corrected chi connectivity index (χ3v) is 3.78. The van der Waals surface area contributed by atoms with Crippen LogP contribution < -0.4 is 15.5 Å². The molecule has 0 saturated carbocycles. The van der Waals surface area contributed by atoms with Crippen LogP contribution in [0.3, 0.4) is 0 Å². The number of aromatic nitrogens is 2. The summed E-state index contributed by atoms with van der Waals surface area (Å²) in [5.74, 6) is 1.98. The van der Waals surface area contributed by atoms with Crippen molar-refractivity contribution in [2.45, 2.75) is 39.2 Å². The quantitative estimate of drug-likeness (QED) is 0.873. The zero-order chi connectivity index (χ0) is 14.9. The molecule has 2 heterocycles. The zero-order valence-electron chi connectivity index (χ0n) is 12.8. The van der Waals surface area contributed by atoms with E-state index in [4.69, 9.17) is 0 Å². The highest BCUT2D eigenvalue weighted by molar-refractivity contribution is 5.90. The molecule has 1 fully saturated rings. The summed E-state index contributed by atoms with van der Waals surface area (Å²) in [6.07, 6.45) is 1.55. The van der Waals surface area contributed by atoms with Crippen LogP contribution in [0.1, 0.15) is 39.2 Å². The predicted molar refractivity (Wildman–Crippen MR) is 80.1 cm³/mol. The minimum absolute atomic E-state index is 0.0306. The summed E-state index contributed by atoms with van der Waals surface area (Å²) in [4.78, 5) is 22.9. The minimum Gasteiger partial charge on any atom is -0.373 e. The average Bonchev–Trinajstić information content (AvgIpc) is 2.40. The van der Waals surface area contributed by atoms with E-state index in [9.17, 15) is 4.79 Å². The first-order valence-corrected chi connectivity index (χ1v) is 6.98. The summed E-state index contributed by atoms with van der Waals surface area (Å²) in [6, 6.07) is 0. The molecule has 20 heavy (non-hydrogen) atoms. The van der Waals surface area contributed by atoms with Crippen molar-refractivity contribution in [3.05, 3.63) is 11.9 Å². The van der Waals surface area contributed by atoms with Gasteiger partial charge in [-0.2, -0.15) is 0 Å². The maximum Gasteiger partial charge on any atom is 0.245 e. The van der Waals surface area contributed by atoms with Gasteiger partial charge in [0.2, 0.25) is 5.91 Å². The number of amides is 1. The Hall–Kier alpha value is -1.85. The Kier molecular flexibility index (Phi) is 3.83. The number of piperazine rings is 1. The topological polar surface area (TPSA) is 70.2 Å². The van der Waals surface area contributed by atoms with Gasteiger partial charge in [-0.3, -0.25) is 4.79 Å². The average molecular weight is 277 g/mol. The van der Waals surface area contributed by atoms with Gasteiger partial charge in [0, 0.05) is 25.7 Å². The van der Waals surface area contributed by atoms with Crippen LogP contribution in [0.5, 0.6) is 0 Å². The lowest BCUT2D eigenvalue weighted by Crippen LogP contribution is -2.62. The maximum atomic E-state index is 12.1. The molecule has 0 bridgehead atoms. The predicted octanol–water partition coefficient (Wildman–Crippen LogP) is 1.36. The van der Waals surface area contributed by atoms with Gasteiger partial charge in [0.05, 0.1) is 0 Å². The lowest BCUT2D eigenvalue weighted by atomic mass is 9.96. The number of anilines is 2. The number of nitrogens with zero attached hydrogens (tertiary/aromatic N) is 3. The maximum absolute atomic E-state index is 12.1. The lowest BCUT2D eigenvalue weighted by molar-refractivity contribution is -0.126. The van der Waals surface area contributed by atoms with Crippen LogP contribution in [0.4, 0.5) is 11.6 Å². The Morgan fingerprint density at radius 2 is 2.10 bits per heavy atom. The second kappa shape index (κ2) is 5.26. The molecule has 1 aliphatic heterocycles. The second-order valence-corrected chi connectivity index (χ2v) is 5.83. The Morgan fingerprint density at radius 3 is 2.70 bits per heavy atom. The van der Waals surface area contributed by atoms with Gasteiger partial charge in [0.15, 0.2) is 0 Å². The minimum atomic E-state index is -0.610. The molecule has 0 radical (unpaired) electrons. The van der Waals surface area contributed by atoms with Gasteiger partial charge in [-0.15, -0.1) is 0 Å². The van der Waals surface area contributed by atoms with Crippen molar-refractivity contribution in [1.29, 1.82) is 0 Å². The first kappa shape index (κ1) is 14.6. The fourth-order valence-corrected chi connectivity index (χ4v) is 2.60. The summed E-state index contributed by atoms with van der Waals surface area (Å²) in [5.41, 5.74) is 0.444. The molecule has 1 aromatic heterocycles. The molecular formula is C14H23N5O. The Bertz CT molecular complexity index is 512. The van der Waals surface area contributed by atoms with Crippen molar-refractivity contribution >= 4 is 17.5 Å². The Labute approximate surface area is 120 Å². The molecule has 6 heteroatoms. The zero-order valence-corrected chi connectivity index (χ0v) is 12.8. The monoisotopic (exact) mass is 277 g/mol. The summed E-state index contributed by atoms with van der Waals surface area (Å²) < 4.78 is 0. The van der Waals surface area contributed by atoms with Gasteiger partial charge in [-0.25, -0.2) is 9.97 Å². The van der Waals surface area contributed by atoms with Crippen molar-refractivity contribution in [3.63, 3.8) is 0 Å². The van der Waals surface area contributed by atoms with Gasteiger partial charge in [-0.1, -0.05) is 13.8 Å². The largest absolute Gasteiger partial charge is 0.373 e. The summed E-state index contributed by atoms with van der Waals surface area (Å²) in [6.45, 7) is 9.46. The van der Waals surface area contributed by atoms with E-state index in [0.29, 0.717) is 6.54 Å². The number of carbonyl (C=O) groups is 1. The van der Waals surface area contributed by atoms with Crippen LogP contribution in [0.2, 0.25) is 0 Å². The van der Waals surface area contributed by atoms with E-state index < -0.39 is 5.54 Å². The van der Waals surface area contributed by atoms with Crippen molar-refractivity contribution in [2.75, 3.05) is 30.4 Å². The van der Waals surface area contributed by atoms with Crippen molar-refractivity contribution in [3.8, 4) is 0 Å². The molecule has 1 amide bonds. The molecule has 0 aromatic carbocycles. The van der Waals surface area contributed by atoms with Gasteiger partial charge in [-0.05, 0) is 19.8 Å². The molecule has 2 N–H and O–H groups in total. The van der Waals surface area contributed by atoms with Crippen LogP contribution in [-0.2, 0) is 4.79 Å². The highest BCUT2D eigenvalue weighted by Crippen LogP contribution is 2.34. The molecule has 2 rings (SSSR count). The number of carbonyl (C=O) groups excluding carboxylic acids is 1. The lowest BCUT2D eigenvalue weighted by Gasteiger charge is -2.43. The SMILES string of the molecule is CNc1ncnc(N2CCNC(=O)C2(C)C)c1C(C)C. The van der Waals surface area contributed by atoms with Gasteiger partial charge in [0.25, 0.3) is 0 Å². The van der Waals surface area contributed by atoms with E-state index in [1.54, 1.807) is 6.33 Å². The third-order valence-electron chi connectivity index (χ3n) is 3.78. The molecule has 0 spiro atoms. The second-order valence-electron chi connectivity index (χ2n) is 5.83. The van der Waals surface area contributed by atoms with Gasteiger partial charge in [0.1, 0.15) is 23.5 Å².